The van der Waals surface area contributed by atoms with Gasteiger partial charge in [-0.1, -0.05) is 18.2 Å². The summed E-state index contributed by atoms with van der Waals surface area (Å²) in [5, 5.41) is 2.81. The lowest BCUT2D eigenvalue weighted by molar-refractivity contribution is -0.129. The number of nitrogens with one attached hydrogen (secondary N) is 1. The van der Waals surface area contributed by atoms with Crippen molar-refractivity contribution in [3.05, 3.63) is 48.0 Å². The molecule has 0 aliphatic heterocycles. The minimum atomic E-state index is -0.213. The minimum Gasteiger partial charge on any atom is -0.497 e. The lowest BCUT2D eigenvalue weighted by atomic mass is 10.2. The zero-order valence-corrected chi connectivity index (χ0v) is 16.7. The first-order valence-corrected chi connectivity index (χ1v) is 8.87. The second kappa shape index (κ2) is 10.2. The first kappa shape index (κ1) is 21.1. The third kappa shape index (κ3) is 5.64. The predicted octanol–water partition coefficient (Wildman–Crippen LogP) is 3.09. The van der Waals surface area contributed by atoms with E-state index in [0.717, 1.165) is 5.56 Å². The van der Waals surface area contributed by atoms with Crippen LogP contribution in [0.2, 0.25) is 0 Å². The van der Waals surface area contributed by atoms with Crippen molar-refractivity contribution in [2.75, 3.05) is 33.2 Å². The molecule has 0 atom stereocenters. The summed E-state index contributed by atoms with van der Waals surface area (Å²) in [6.45, 7) is 2.15. The average molecular weight is 386 g/mol. The molecule has 0 saturated carbocycles. The fraction of sp³-hybridized carbons (Fsp3) is 0.333. The normalized spacial score (nSPS) is 10.1. The van der Waals surface area contributed by atoms with Gasteiger partial charge in [0.1, 0.15) is 17.2 Å². The predicted molar refractivity (Wildman–Crippen MR) is 107 cm³/mol. The molecule has 7 heteroatoms. The first-order valence-electron chi connectivity index (χ1n) is 8.87. The zero-order valence-electron chi connectivity index (χ0n) is 16.7. The van der Waals surface area contributed by atoms with Gasteiger partial charge in [0.2, 0.25) is 11.8 Å². The average Bonchev–Trinajstić information content (AvgIpc) is 2.71. The van der Waals surface area contributed by atoms with Crippen molar-refractivity contribution in [2.45, 2.75) is 19.9 Å². The molecule has 0 unspecified atom stereocenters. The number of amides is 2. The molecule has 7 nitrogen and oxygen atoms in total. The molecule has 150 valence electrons. The maximum Gasteiger partial charge on any atom is 0.226 e. The van der Waals surface area contributed by atoms with E-state index in [1.165, 1.54) is 14.0 Å². The number of methoxy groups -OCH3 is 3. The van der Waals surface area contributed by atoms with E-state index in [4.69, 9.17) is 14.2 Å². The van der Waals surface area contributed by atoms with E-state index >= 15 is 0 Å². The fourth-order valence-electron chi connectivity index (χ4n) is 2.74. The molecule has 2 amide bonds. The Labute approximate surface area is 165 Å². The fourth-order valence-corrected chi connectivity index (χ4v) is 2.74. The lowest BCUT2D eigenvalue weighted by Crippen LogP contribution is -2.31. The van der Waals surface area contributed by atoms with Gasteiger partial charge < -0.3 is 24.4 Å². The molecular formula is C21H26N2O5. The topological polar surface area (TPSA) is 77.1 Å². The molecule has 0 aliphatic carbocycles. The van der Waals surface area contributed by atoms with Crippen LogP contribution in [0.15, 0.2) is 42.5 Å². The molecular weight excluding hydrogens is 360 g/mol. The highest BCUT2D eigenvalue weighted by molar-refractivity contribution is 5.92. The molecule has 2 aromatic rings. The monoisotopic (exact) mass is 386 g/mol. The van der Waals surface area contributed by atoms with E-state index in [9.17, 15) is 9.59 Å². The molecule has 0 bridgehead atoms. The van der Waals surface area contributed by atoms with Crippen LogP contribution in [0.4, 0.5) is 5.69 Å². The van der Waals surface area contributed by atoms with Crippen molar-refractivity contribution in [1.82, 2.24) is 4.90 Å². The Morgan fingerprint density at radius 2 is 1.68 bits per heavy atom. The van der Waals surface area contributed by atoms with Crippen LogP contribution in [0.3, 0.4) is 0 Å². The van der Waals surface area contributed by atoms with Crippen LogP contribution in [0.1, 0.15) is 18.9 Å². The number of nitrogens with zero attached hydrogens (tertiary/aromatic N) is 1. The standard InChI is InChI=1S/C21H26N2O5/c1-15(24)23(14-16-7-5-6-8-19(16)27-3)12-11-21(25)22-18-10-9-17(26-2)13-20(18)28-4/h5-10,13H,11-12,14H2,1-4H3,(H,22,25). The van der Waals surface area contributed by atoms with Crippen LogP contribution in [0, 0.1) is 0 Å². The Morgan fingerprint density at radius 1 is 0.964 bits per heavy atom. The van der Waals surface area contributed by atoms with E-state index in [2.05, 4.69) is 5.32 Å². The van der Waals surface area contributed by atoms with Crippen LogP contribution in [0.5, 0.6) is 17.2 Å². The highest BCUT2D eigenvalue weighted by atomic mass is 16.5. The van der Waals surface area contributed by atoms with E-state index in [0.29, 0.717) is 29.5 Å². The van der Waals surface area contributed by atoms with E-state index in [1.54, 1.807) is 37.3 Å². The molecule has 0 saturated heterocycles. The van der Waals surface area contributed by atoms with Crippen LogP contribution >= 0.6 is 0 Å². The summed E-state index contributed by atoms with van der Waals surface area (Å²) in [5.41, 5.74) is 1.44. The van der Waals surface area contributed by atoms with Crippen LogP contribution in [0.25, 0.3) is 0 Å². The lowest BCUT2D eigenvalue weighted by Gasteiger charge is -2.22. The number of anilines is 1. The third-order valence-electron chi connectivity index (χ3n) is 4.29. The van der Waals surface area contributed by atoms with Gasteiger partial charge in [0.25, 0.3) is 0 Å². The summed E-state index contributed by atoms with van der Waals surface area (Å²) in [7, 11) is 4.67. The smallest absolute Gasteiger partial charge is 0.226 e. The third-order valence-corrected chi connectivity index (χ3v) is 4.29. The minimum absolute atomic E-state index is 0.110. The van der Waals surface area contributed by atoms with E-state index < -0.39 is 0 Å². The molecule has 0 spiro atoms. The number of hydrogen-bond donors (Lipinski definition) is 1. The Morgan fingerprint density at radius 3 is 2.32 bits per heavy atom. The Hall–Kier alpha value is -3.22. The van der Waals surface area contributed by atoms with Gasteiger partial charge in [-0.25, -0.2) is 0 Å². The van der Waals surface area contributed by atoms with Crippen LogP contribution < -0.4 is 19.5 Å². The largest absolute Gasteiger partial charge is 0.497 e. The van der Waals surface area contributed by atoms with Crippen molar-refractivity contribution in [3.63, 3.8) is 0 Å². The number of rotatable bonds is 9. The van der Waals surface area contributed by atoms with Gasteiger partial charge in [-0.15, -0.1) is 0 Å². The maximum atomic E-state index is 12.4. The van der Waals surface area contributed by atoms with Gasteiger partial charge >= 0.3 is 0 Å². The van der Waals surface area contributed by atoms with Crippen LogP contribution in [-0.2, 0) is 16.1 Å². The van der Waals surface area contributed by atoms with E-state index in [1.807, 2.05) is 24.3 Å². The van der Waals surface area contributed by atoms with Crippen molar-refractivity contribution in [3.8, 4) is 17.2 Å². The number of benzene rings is 2. The van der Waals surface area contributed by atoms with Gasteiger partial charge in [0.15, 0.2) is 0 Å². The highest BCUT2D eigenvalue weighted by Gasteiger charge is 2.15. The Balaban J connectivity index is 2.00. The van der Waals surface area contributed by atoms with Crippen molar-refractivity contribution >= 4 is 17.5 Å². The highest BCUT2D eigenvalue weighted by Crippen LogP contribution is 2.29. The molecule has 0 radical (unpaired) electrons. The summed E-state index contributed by atoms with van der Waals surface area (Å²) < 4.78 is 15.8. The van der Waals surface area contributed by atoms with Gasteiger partial charge in [-0.05, 0) is 18.2 Å². The molecule has 0 aliphatic rings. The summed E-state index contributed by atoms with van der Waals surface area (Å²) >= 11 is 0. The van der Waals surface area contributed by atoms with Crippen LogP contribution in [-0.4, -0.2) is 44.6 Å². The molecule has 2 rings (SSSR count). The number of para-hydroxylation sites is 1. The number of carbonyl (C=O) groups excluding carboxylic acids is 2. The Bertz CT molecular complexity index is 822. The van der Waals surface area contributed by atoms with Gasteiger partial charge in [0.05, 0.1) is 27.0 Å². The SMILES string of the molecule is COc1ccc(NC(=O)CCN(Cc2ccccc2OC)C(C)=O)c(OC)c1. The summed E-state index contributed by atoms with van der Waals surface area (Å²) in [6.07, 6.45) is 0.157. The van der Waals surface area contributed by atoms with Crippen molar-refractivity contribution in [1.29, 1.82) is 0 Å². The van der Waals surface area contributed by atoms with Crippen molar-refractivity contribution in [2.24, 2.45) is 0 Å². The second-order valence-electron chi connectivity index (χ2n) is 6.12. The number of ether oxygens (including phenoxy) is 3. The summed E-state index contributed by atoms with van der Waals surface area (Å²) in [5.74, 6) is 1.52. The molecule has 0 aromatic heterocycles. The summed E-state index contributed by atoms with van der Waals surface area (Å²) in [6, 6.07) is 12.6. The Kier molecular flexibility index (Phi) is 7.68. The molecule has 28 heavy (non-hydrogen) atoms. The number of hydrogen-bond acceptors (Lipinski definition) is 5. The number of carbonyl (C=O) groups is 2. The molecule has 1 N–H and O–H groups in total. The molecule has 0 fully saturated rings. The van der Waals surface area contributed by atoms with Gasteiger partial charge in [-0.3, -0.25) is 9.59 Å². The van der Waals surface area contributed by atoms with Crippen molar-refractivity contribution < 1.29 is 23.8 Å². The maximum absolute atomic E-state index is 12.4. The summed E-state index contributed by atoms with van der Waals surface area (Å²) in [4.78, 5) is 26.0. The van der Waals surface area contributed by atoms with Gasteiger partial charge in [-0.2, -0.15) is 0 Å². The first-order chi connectivity index (χ1) is 13.5. The quantitative estimate of drug-likeness (QED) is 0.717. The zero-order chi connectivity index (χ0) is 20.5. The molecule has 0 heterocycles. The van der Waals surface area contributed by atoms with E-state index in [-0.39, 0.29) is 24.8 Å². The second-order valence-corrected chi connectivity index (χ2v) is 6.12. The molecule has 2 aromatic carbocycles. The van der Waals surface area contributed by atoms with Gasteiger partial charge in [0, 0.05) is 38.1 Å².